The van der Waals surface area contributed by atoms with Crippen molar-refractivity contribution in [3.8, 4) is 17.1 Å². The fraction of sp³-hybridized carbons (Fsp3) is 0.273. The van der Waals surface area contributed by atoms with Crippen LogP contribution in [0.3, 0.4) is 0 Å². The van der Waals surface area contributed by atoms with Crippen LogP contribution >= 0.6 is 0 Å². The Bertz CT molecular complexity index is 967. The number of nitrogens with zero attached hydrogens (tertiary/aromatic N) is 4. The lowest BCUT2D eigenvalue weighted by molar-refractivity contribution is 0.102. The molecule has 3 heterocycles. The van der Waals surface area contributed by atoms with Gasteiger partial charge in [0, 0.05) is 30.5 Å². The molecule has 0 spiro atoms. The fourth-order valence-electron chi connectivity index (χ4n) is 3.33. The number of anilines is 2. The lowest BCUT2D eigenvalue weighted by Gasteiger charge is -2.15. The zero-order valence-electron chi connectivity index (χ0n) is 16.3. The minimum atomic E-state index is -0.260. The van der Waals surface area contributed by atoms with E-state index in [4.69, 9.17) is 4.74 Å². The minimum absolute atomic E-state index is 0.260. The maximum Gasteiger partial charge on any atom is 0.261 e. The number of amides is 1. The van der Waals surface area contributed by atoms with Crippen molar-refractivity contribution in [2.45, 2.75) is 19.8 Å². The van der Waals surface area contributed by atoms with Gasteiger partial charge in [0.1, 0.15) is 5.56 Å². The Morgan fingerprint density at radius 1 is 1.07 bits per heavy atom. The molecule has 0 atom stereocenters. The van der Waals surface area contributed by atoms with Crippen molar-refractivity contribution in [3.05, 3.63) is 60.3 Å². The van der Waals surface area contributed by atoms with E-state index in [1.807, 2.05) is 43.3 Å². The number of pyridine rings is 1. The third kappa shape index (κ3) is 4.34. The van der Waals surface area contributed by atoms with Crippen LogP contribution in [0.2, 0.25) is 0 Å². The van der Waals surface area contributed by atoms with Crippen molar-refractivity contribution in [3.63, 3.8) is 0 Å². The fourth-order valence-corrected chi connectivity index (χ4v) is 3.33. The summed E-state index contributed by atoms with van der Waals surface area (Å²) in [6, 6.07) is 14.9. The lowest BCUT2D eigenvalue weighted by Crippen LogP contribution is -2.19. The normalized spacial score (nSPS) is 13.3. The van der Waals surface area contributed by atoms with E-state index < -0.39 is 0 Å². The number of carbonyl (C=O) groups is 1. The van der Waals surface area contributed by atoms with E-state index in [1.165, 1.54) is 12.8 Å². The first-order chi connectivity index (χ1) is 14.2. The second-order valence-electron chi connectivity index (χ2n) is 6.79. The predicted molar refractivity (Wildman–Crippen MR) is 112 cm³/mol. The minimum Gasteiger partial charge on any atom is -0.477 e. The summed E-state index contributed by atoms with van der Waals surface area (Å²) in [5, 5.41) is 11.6. The van der Waals surface area contributed by atoms with Gasteiger partial charge >= 0.3 is 0 Å². The van der Waals surface area contributed by atoms with Crippen LogP contribution < -0.4 is 15.0 Å². The molecule has 1 aromatic carbocycles. The second kappa shape index (κ2) is 8.68. The van der Waals surface area contributed by atoms with Crippen LogP contribution in [0.25, 0.3) is 11.3 Å². The average molecular weight is 389 g/mol. The van der Waals surface area contributed by atoms with Gasteiger partial charge in [-0.1, -0.05) is 12.1 Å². The number of rotatable bonds is 6. The van der Waals surface area contributed by atoms with E-state index in [1.54, 1.807) is 18.3 Å². The van der Waals surface area contributed by atoms with E-state index >= 15 is 0 Å². The number of carbonyl (C=O) groups excluding carboxylic acids is 1. The van der Waals surface area contributed by atoms with Crippen LogP contribution in [0.1, 0.15) is 30.1 Å². The van der Waals surface area contributed by atoms with Gasteiger partial charge in [0.2, 0.25) is 5.88 Å². The number of hydrogen-bond donors (Lipinski definition) is 1. The van der Waals surface area contributed by atoms with E-state index in [0.717, 1.165) is 30.2 Å². The van der Waals surface area contributed by atoms with Crippen LogP contribution in [0.15, 0.2) is 54.7 Å². The smallest absolute Gasteiger partial charge is 0.261 e. The molecular formula is C22H23N5O2. The quantitative estimate of drug-likeness (QED) is 0.691. The highest BCUT2D eigenvalue weighted by Crippen LogP contribution is 2.23. The number of ether oxygens (including phenoxy) is 1. The van der Waals surface area contributed by atoms with Gasteiger partial charge in [-0.05, 0) is 56.2 Å². The Labute approximate surface area is 169 Å². The van der Waals surface area contributed by atoms with Gasteiger partial charge < -0.3 is 15.0 Å². The number of hydrogen-bond acceptors (Lipinski definition) is 6. The first kappa shape index (κ1) is 18.9. The molecule has 0 radical (unpaired) electrons. The second-order valence-corrected chi connectivity index (χ2v) is 6.79. The number of aromatic nitrogens is 3. The monoisotopic (exact) mass is 389 g/mol. The van der Waals surface area contributed by atoms with Crippen LogP contribution in [-0.2, 0) is 0 Å². The van der Waals surface area contributed by atoms with Crippen molar-refractivity contribution >= 4 is 17.4 Å². The summed E-state index contributed by atoms with van der Waals surface area (Å²) < 4.78 is 5.43. The lowest BCUT2D eigenvalue weighted by atomic mass is 10.1. The van der Waals surface area contributed by atoms with E-state index in [-0.39, 0.29) is 5.91 Å². The summed E-state index contributed by atoms with van der Waals surface area (Å²) >= 11 is 0. The molecule has 2 aromatic heterocycles. The maximum atomic E-state index is 12.6. The van der Waals surface area contributed by atoms with E-state index in [0.29, 0.717) is 23.7 Å². The van der Waals surface area contributed by atoms with Gasteiger partial charge in [-0.3, -0.25) is 4.79 Å². The maximum absolute atomic E-state index is 12.6. The molecule has 1 saturated heterocycles. The molecular weight excluding hydrogens is 366 g/mol. The van der Waals surface area contributed by atoms with Gasteiger partial charge in [0.05, 0.1) is 12.3 Å². The average Bonchev–Trinajstić information content (AvgIpc) is 3.30. The summed E-state index contributed by atoms with van der Waals surface area (Å²) in [4.78, 5) is 18.9. The molecule has 148 valence electrons. The summed E-state index contributed by atoms with van der Waals surface area (Å²) in [6.07, 6.45) is 4.02. The molecule has 0 bridgehead atoms. The Kier molecular flexibility index (Phi) is 5.65. The van der Waals surface area contributed by atoms with Crippen molar-refractivity contribution in [1.29, 1.82) is 0 Å². The Balaban J connectivity index is 1.45. The molecule has 4 rings (SSSR count). The third-order valence-corrected chi connectivity index (χ3v) is 4.82. The molecule has 1 amide bonds. The molecule has 29 heavy (non-hydrogen) atoms. The molecule has 1 fully saturated rings. The topological polar surface area (TPSA) is 80.2 Å². The van der Waals surface area contributed by atoms with Gasteiger partial charge in [0.15, 0.2) is 5.82 Å². The summed E-state index contributed by atoms with van der Waals surface area (Å²) in [5.74, 6) is 0.998. The predicted octanol–water partition coefficient (Wildman–Crippen LogP) is 3.79. The van der Waals surface area contributed by atoms with Crippen molar-refractivity contribution in [1.82, 2.24) is 15.2 Å². The first-order valence-electron chi connectivity index (χ1n) is 9.83. The molecule has 7 nitrogen and oxygen atoms in total. The van der Waals surface area contributed by atoms with Gasteiger partial charge in [-0.15, -0.1) is 10.2 Å². The Hall–Kier alpha value is -3.48. The molecule has 1 aliphatic heterocycles. The molecule has 0 aliphatic carbocycles. The Morgan fingerprint density at radius 3 is 2.55 bits per heavy atom. The van der Waals surface area contributed by atoms with Gasteiger partial charge in [-0.25, -0.2) is 4.98 Å². The largest absolute Gasteiger partial charge is 0.477 e. The molecule has 7 heteroatoms. The Morgan fingerprint density at radius 2 is 1.86 bits per heavy atom. The van der Waals surface area contributed by atoms with E-state index in [2.05, 4.69) is 25.4 Å². The van der Waals surface area contributed by atoms with Gasteiger partial charge in [-0.2, -0.15) is 0 Å². The molecule has 0 unspecified atom stereocenters. The highest BCUT2D eigenvalue weighted by Gasteiger charge is 2.15. The van der Waals surface area contributed by atoms with Crippen molar-refractivity contribution in [2.24, 2.45) is 0 Å². The molecule has 3 aromatic rings. The van der Waals surface area contributed by atoms with E-state index in [9.17, 15) is 4.79 Å². The zero-order valence-corrected chi connectivity index (χ0v) is 16.3. The van der Waals surface area contributed by atoms with Crippen LogP contribution in [0.5, 0.6) is 5.88 Å². The van der Waals surface area contributed by atoms with Crippen LogP contribution in [0, 0.1) is 0 Å². The highest BCUT2D eigenvalue weighted by molar-refractivity contribution is 6.05. The molecule has 1 aliphatic rings. The highest BCUT2D eigenvalue weighted by atomic mass is 16.5. The third-order valence-electron chi connectivity index (χ3n) is 4.82. The van der Waals surface area contributed by atoms with Crippen LogP contribution in [0.4, 0.5) is 11.5 Å². The summed E-state index contributed by atoms with van der Waals surface area (Å²) in [5.41, 5.74) is 2.84. The summed E-state index contributed by atoms with van der Waals surface area (Å²) in [7, 11) is 0. The first-order valence-corrected chi connectivity index (χ1v) is 9.83. The van der Waals surface area contributed by atoms with Crippen molar-refractivity contribution in [2.75, 3.05) is 29.9 Å². The van der Waals surface area contributed by atoms with Crippen LogP contribution in [-0.4, -0.2) is 40.8 Å². The number of benzene rings is 1. The molecule has 1 N–H and O–H groups in total. The van der Waals surface area contributed by atoms with Crippen molar-refractivity contribution < 1.29 is 9.53 Å². The van der Waals surface area contributed by atoms with Gasteiger partial charge in [0.25, 0.3) is 5.91 Å². The molecule has 0 saturated carbocycles. The zero-order chi connectivity index (χ0) is 20.1. The SMILES string of the molecule is CCOc1ncccc1C(=O)Nc1ccc(-c2ccc(N3CCCC3)nn2)cc1. The number of nitrogens with one attached hydrogen (secondary N) is 1. The standard InChI is InChI=1S/C22H23N5O2/c1-2-29-22-18(6-5-13-23-22)21(28)24-17-9-7-16(8-10-17)19-11-12-20(26-25-19)27-14-3-4-15-27/h5-13H,2-4,14-15H2,1H3,(H,24,28). The summed E-state index contributed by atoms with van der Waals surface area (Å²) in [6.45, 7) is 4.40.